The van der Waals surface area contributed by atoms with Crippen LogP contribution in [-0.4, -0.2) is 12.2 Å². The molecule has 0 saturated heterocycles. The van der Waals surface area contributed by atoms with Gasteiger partial charge in [0, 0.05) is 16.8 Å². The molecule has 5 nitrogen and oxygen atoms in total. The molecule has 0 unspecified atom stereocenters. The first-order valence-corrected chi connectivity index (χ1v) is 8.09. The van der Waals surface area contributed by atoms with Crippen LogP contribution in [0.15, 0.2) is 83.0 Å². The highest BCUT2D eigenvalue weighted by Crippen LogP contribution is 2.19. The number of carbonyl (C=O) groups excluding carboxylic acids is 2. The smallest absolute Gasteiger partial charge is 0.255 e. The predicted octanol–water partition coefficient (Wildman–Crippen LogP) is 5.48. The summed E-state index contributed by atoms with van der Waals surface area (Å²) in [6.07, 6.45) is 0.779. The maximum absolute atomic E-state index is 12.3. The minimum absolute atomic E-state index is 0.179. The summed E-state index contributed by atoms with van der Waals surface area (Å²) in [7, 11) is 0. The molecule has 3 aromatic rings. The second-order valence-corrected chi connectivity index (χ2v) is 5.78. The van der Waals surface area contributed by atoms with Crippen LogP contribution in [0.3, 0.4) is 0 Å². The Morgan fingerprint density at radius 3 is 1.88 bits per heavy atom. The Kier molecular flexibility index (Phi) is 5.29. The molecule has 0 aliphatic rings. The summed E-state index contributed by atoms with van der Waals surface area (Å²) in [4.78, 5) is 22.9. The molecule has 0 spiro atoms. The van der Waals surface area contributed by atoms with Crippen LogP contribution in [-0.2, 0) is 0 Å². The van der Waals surface area contributed by atoms with Gasteiger partial charge in [0.05, 0.1) is 11.4 Å². The van der Waals surface area contributed by atoms with Crippen LogP contribution in [0.1, 0.15) is 26.3 Å². The van der Waals surface area contributed by atoms with E-state index in [1.54, 1.807) is 48.5 Å². The van der Waals surface area contributed by atoms with E-state index in [4.69, 9.17) is 0 Å². The van der Waals surface area contributed by atoms with Gasteiger partial charge in [0.25, 0.3) is 5.91 Å². The normalized spacial score (nSPS) is 10.7. The Morgan fingerprint density at radius 1 is 0.808 bits per heavy atom. The van der Waals surface area contributed by atoms with Crippen LogP contribution in [0.4, 0.5) is 17.1 Å². The third kappa shape index (κ3) is 4.48. The number of hydrogen-bond acceptors (Lipinski definition) is 4. The summed E-state index contributed by atoms with van der Waals surface area (Å²) in [5, 5.41) is 11.1. The molecular formula is C21H17N3O2. The van der Waals surface area contributed by atoms with Crippen LogP contribution in [0, 0.1) is 6.92 Å². The number of aldehydes is 1. The number of hydrogen-bond donors (Lipinski definition) is 1. The first-order chi connectivity index (χ1) is 12.6. The van der Waals surface area contributed by atoms with Gasteiger partial charge in [-0.3, -0.25) is 9.59 Å². The maximum atomic E-state index is 12.3. The van der Waals surface area contributed by atoms with Crippen LogP contribution in [0.25, 0.3) is 0 Å². The van der Waals surface area contributed by atoms with Crippen molar-refractivity contribution in [2.45, 2.75) is 6.92 Å². The van der Waals surface area contributed by atoms with E-state index in [0.29, 0.717) is 22.5 Å². The molecule has 0 radical (unpaired) electrons. The molecule has 1 N–H and O–H groups in total. The van der Waals surface area contributed by atoms with E-state index < -0.39 is 0 Å². The zero-order valence-corrected chi connectivity index (χ0v) is 14.2. The molecule has 5 heteroatoms. The molecular weight excluding hydrogens is 326 g/mol. The molecule has 1 amide bonds. The van der Waals surface area contributed by atoms with Crippen molar-refractivity contribution in [2.24, 2.45) is 10.2 Å². The fraction of sp³-hybridized carbons (Fsp3) is 0.0476. The third-order valence-electron chi connectivity index (χ3n) is 3.75. The van der Waals surface area contributed by atoms with Gasteiger partial charge in [-0.15, -0.1) is 0 Å². The third-order valence-corrected chi connectivity index (χ3v) is 3.75. The van der Waals surface area contributed by atoms with E-state index in [0.717, 1.165) is 17.5 Å². The summed E-state index contributed by atoms with van der Waals surface area (Å²) >= 11 is 0. The van der Waals surface area contributed by atoms with Crippen LogP contribution >= 0.6 is 0 Å². The first-order valence-electron chi connectivity index (χ1n) is 8.09. The maximum Gasteiger partial charge on any atom is 0.255 e. The average Bonchev–Trinajstić information content (AvgIpc) is 2.69. The lowest BCUT2D eigenvalue weighted by Crippen LogP contribution is -2.11. The number of aryl methyl sites for hydroxylation is 1. The monoisotopic (exact) mass is 343 g/mol. The van der Waals surface area contributed by atoms with E-state index in [9.17, 15) is 9.59 Å². The van der Waals surface area contributed by atoms with Crippen molar-refractivity contribution in [2.75, 3.05) is 5.32 Å². The molecule has 0 aromatic heterocycles. The number of nitrogens with one attached hydrogen (secondary N) is 1. The van der Waals surface area contributed by atoms with Crippen molar-refractivity contribution in [3.8, 4) is 0 Å². The molecule has 0 fully saturated rings. The van der Waals surface area contributed by atoms with Crippen molar-refractivity contribution >= 4 is 29.3 Å². The van der Waals surface area contributed by atoms with Gasteiger partial charge in [0.15, 0.2) is 0 Å². The summed E-state index contributed by atoms with van der Waals surface area (Å²) in [5.74, 6) is -0.179. The fourth-order valence-corrected chi connectivity index (χ4v) is 2.25. The second-order valence-electron chi connectivity index (χ2n) is 5.78. The van der Waals surface area contributed by atoms with Gasteiger partial charge in [-0.25, -0.2) is 0 Å². The Balaban J connectivity index is 1.65. The van der Waals surface area contributed by atoms with E-state index >= 15 is 0 Å². The zero-order chi connectivity index (χ0) is 18.4. The minimum Gasteiger partial charge on any atom is -0.322 e. The molecule has 0 aliphatic carbocycles. The van der Waals surface area contributed by atoms with E-state index in [1.165, 1.54) is 0 Å². The fourth-order valence-electron chi connectivity index (χ4n) is 2.25. The van der Waals surface area contributed by atoms with Gasteiger partial charge in [-0.2, -0.15) is 10.2 Å². The molecule has 3 rings (SSSR count). The lowest BCUT2D eigenvalue weighted by Gasteiger charge is -2.05. The van der Waals surface area contributed by atoms with E-state index in [-0.39, 0.29) is 5.91 Å². The lowest BCUT2D eigenvalue weighted by atomic mass is 10.2. The number of azo groups is 1. The molecule has 26 heavy (non-hydrogen) atoms. The highest BCUT2D eigenvalue weighted by atomic mass is 16.1. The highest BCUT2D eigenvalue weighted by Gasteiger charge is 2.05. The predicted molar refractivity (Wildman–Crippen MR) is 102 cm³/mol. The quantitative estimate of drug-likeness (QED) is 0.492. The van der Waals surface area contributed by atoms with Crippen LogP contribution in [0.5, 0.6) is 0 Å². The molecule has 3 aromatic carbocycles. The number of carbonyl (C=O) groups is 2. The average molecular weight is 343 g/mol. The zero-order valence-electron chi connectivity index (χ0n) is 14.2. The van der Waals surface area contributed by atoms with E-state index in [2.05, 4.69) is 15.5 Å². The molecule has 128 valence electrons. The van der Waals surface area contributed by atoms with Crippen molar-refractivity contribution in [1.82, 2.24) is 0 Å². The summed E-state index contributed by atoms with van der Waals surface area (Å²) < 4.78 is 0. The Bertz CT molecular complexity index is 929. The number of rotatable bonds is 5. The van der Waals surface area contributed by atoms with Crippen molar-refractivity contribution in [3.05, 3.63) is 89.5 Å². The Labute approximate surface area is 151 Å². The number of nitrogens with zero attached hydrogens (tertiary/aromatic N) is 2. The topological polar surface area (TPSA) is 70.9 Å². The van der Waals surface area contributed by atoms with Gasteiger partial charge in [-0.05, 0) is 67.6 Å². The van der Waals surface area contributed by atoms with Crippen molar-refractivity contribution < 1.29 is 9.59 Å². The Hall–Kier alpha value is -3.60. The van der Waals surface area contributed by atoms with Gasteiger partial charge in [0.1, 0.15) is 6.29 Å². The first kappa shape index (κ1) is 17.2. The van der Waals surface area contributed by atoms with Crippen LogP contribution < -0.4 is 5.32 Å². The van der Waals surface area contributed by atoms with E-state index in [1.807, 2.05) is 31.2 Å². The number of anilines is 1. The van der Waals surface area contributed by atoms with Gasteiger partial charge < -0.3 is 5.32 Å². The lowest BCUT2D eigenvalue weighted by molar-refractivity contribution is 0.102. The minimum atomic E-state index is -0.179. The molecule has 0 heterocycles. The van der Waals surface area contributed by atoms with Crippen molar-refractivity contribution in [3.63, 3.8) is 0 Å². The molecule has 0 bridgehead atoms. The number of benzene rings is 3. The summed E-state index contributed by atoms with van der Waals surface area (Å²) in [6.45, 7) is 2.00. The summed E-state index contributed by atoms with van der Waals surface area (Å²) in [6, 6.07) is 21.3. The Morgan fingerprint density at radius 2 is 1.35 bits per heavy atom. The van der Waals surface area contributed by atoms with Gasteiger partial charge in [-0.1, -0.05) is 17.7 Å². The van der Waals surface area contributed by atoms with Crippen LogP contribution in [0.2, 0.25) is 0 Å². The standard InChI is InChI=1S/C21H17N3O2/c1-15-2-8-18(9-3-15)22-21(26)17-6-12-20(13-7-17)24-23-19-10-4-16(14-25)5-11-19/h2-14H,1H3,(H,22,26). The molecule has 0 aliphatic heterocycles. The summed E-state index contributed by atoms with van der Waals surface area (Å²) in [5.41, 5.74) is 4.31. The largest absolute Gasteiger partial charge is 0.322 e. The van der Waals surface area contributed by atoms with Gasteiger partial charge in [0.2, 0.25) is 0 Å². The highest BCUT2D eigenvalue weighted by molar-refractivity contribution is 6.04. The number of amides is 1. The molecule has 0 saturated carbocycles. The second kappa shape index (κ2) is 7.98. The van der Waals surface area contributed by atoms with Crippen molar-refractivity contribution in [1.29, 1.82) is 0 Å². The SMILES string of the molecule is Cc1ccc(NC(=O)c2ccc(N=Nc3ccc(C=O)cc3)cc2)cc1. The molecule has 0 atom stereocenters. The van der Waals surface area contributed by atoms with Gasteiger partial charge >= 0.3 is 0 Å².